The second-order valence-electron chi connectivity index (χ2n) is 5.24. The van der Waals surface area contributed by atoms with Crippen LogP contribution in [0.15, 0.2) is 29.2 Å². The average Bonchev–Trinajstić information content (AvgIpc) is 2.46. The van der Waals surface area contributed by atoms with Crippen LogP contribution in [0.25, 0.3) is 0 Å². The van der Waals surface area contributed by atoms with Crippen molar-refractivity contribution in [3.63, 3.8) is 0 Å². The lowest BCUT2D eigenvalue weighted by atomic mass is 10.0. The van der Waals surface area contributed by atoms with E-state index in [1.54, 1.807) is 11.8 Å². The first-order valence-corrected chi connectivity index (χ1v) is 8.11. The van der Waals surface area contributed by atoms with Crippen LogP contribution in [0.4, 0.5) is 0 Å². The molecule has 3 aliphatic heterocycles. The quantitative estimate of drug-likeness (QED) is 0.858. The maximum Gasteiger partial charge on any atom is 0.0801 e. The zero-order chi connectivity index (χ0) is 13.2. The highest BCUT2D eigenvalue weighted by Crippen LogP contribution is 2.25. The van der Waals surface area contributed by atoms with Gasteiger partial charge in [0.2, 0.25) is 0 Å². The zero-order valence-corrected chi connectivity index (χ0v) is 12.4. The van der Waals surface area contributed by atoms with Gasteiger partial charge < -0.3 is 5.11 Å². The van der Waals surface area contributed by atoms with Gasteiger partial charge in [-0.2, -0.15) is 0 Å². The minimum absolute atomic E-state index is 0.271. The number of aliphatic hydroxyl groups excluding tert-OH is 1. The summed E-state index contributed by atoms with van der Waals surface area (Å²) in [5.41, 5.74) is 0. The van der Waals surface area contributed by atoms with Crippen molar-refractivity contribution in [2.75, 3.05) is 38.5 Å². The van der Waals surface area contributed by atoms with Crippen molar-refractivity contribution in [1.82, 2.24) is 9.80 Å². The van der Waals surface area contributed by atoms with Gasteiger partial charge in [0, 0.05) is 54.4 Å². The molecule has 3 aliphatic rings. The lowest BCUT2D eigenvalue weighted by Crippen LogP contribution is -2.64. The molecular formula is C14H19ClN2OS. The molecule has 3 saturated heterocycles. The number of thioether (sulfide) groups is 1. The second kappa shape index (κ2) is 6.02. The molecule has 5 heteroatoms. The van der Waals surface area contributed by atoms with Crippen LogP contribution in [-0.4, -0.2) is 65.5 Å². The van der Waals surface area contributed by atoms with E-state index in [4.69, 9.17) is 11.6 Å². The first-order valence-electron chi connectivity index (χ1n) is 6.75. The molecule has 0 amide bonds. The van der Waals surface area contributed by atoms with Crippen molar-refractivity contribution in [2.45, 2.75) is 17.0 Å². The SMILES string of the molecule is OC(CSc1cccc(Cl)c1)C1CN2CCN1CC2. The molecule has 0 radical (unpaired) electrons. The molecule has 3 fully saturated rings. The van der Waals surface area contributed by atoms with E-state index >= 15 is 0 Å². The van der Waals surface area contributed by atoms with Gasteiger partial charge in [0.15, 0.2) is 0 Å². The van der Waals surface area contributed by atoms with E-state index in [1.807, 2.05) is 24.3 Å². The summed E-state index contributed by atoms with van der Waals surface area (Å²) in [5.74, 6) is 0.731. The van der Waals surface area contributed by atoms with Crippen LogP contribution in [0.3, 0.4) is 0 Å². The van der Waals surface area contributed by atoms with E-state index in [9.17, 15) is 5.11 Å². The molecule has 0 aromatic heterocycles. The molecule has 2 atom stereocenters. The van der Waals surface area contributed by atoms with Gasteiger partial charge in [0.1, 0.15) is 0 Å². The fourth-order valence-corrected chi connectivity index (χ4v) is 4.10. The van der Waals surface area contributed by atoms with Crippen LogP contribution in [0, 0.1) is 0 Å². The molecule has 2 bridgehead atoms. The number of piperazine rings is 3. The normalized spacial score (nSPS) is 31.4. The molecule has 1 aromatic rings. The van der Waals surface area contributed by atoms with Crippen molar-refractivity contribution in [2.24, 2.45) is 0 Å². The third-order valence-corrected chi connectivity index (χ3v) is 5.31. The molecule has 104 valence electrons. The maximum atomic E-state index is 10.4. The van der Waals surface area contributed by atoms with Crippen molar-refractivity contribution >= 4 is 23.4 Å². The van der Waals surface area contributed by atoms with E-state index in [0.29, 0.717) is 6.04 Å². The predicted octanol–water partition coefficient (Wildman–Crippen LogP) is 1.79. The standard InChI is InChI=1S/C14H19ClN2OS/c15-11-2-1-3-12(8-11)19-10-14(18)13-9-16-4-6-17(13)7-5-16/h1-3,8,13-14,18H,4-7,9-10H2. The van der Waals surface area contributed by atoms with Gasteiger partial charge in [-0.25, -0.2) is 0 Å². The van der Waals surface area contributed by atoms with E-state index in [-0.39, 0.29) is 6.10 Å². The van der Waals surface area contributed by atoms with Crippen molar-refractivity contribution in [3.8, 4) is 0 Å². The van der Waals surface area contributed by atoms with Crippen molar-refractivity contribution in [3.05, 3.63) is 29.3 Å². The fraction of sp³-hybridized carbons (Fsp3) is 0.571. The van der Waals surface area contributed by atoms with Crippen LogP contribution < -0.4 is 0 Å². The summed E-state index contributed by atoms with van der Waals surface area (Å²) in [4.78, 5) is 6.02. The molecule has 1 N–H and O–H groups in total. The van der Waals surface area contributed by atoms with Crippen molar-refractivity contribution < 1.29 is 5.11 Å². The van der Waals surface area contributed by atoms with Crippen LogP contribution in [0.5, 0.6) is 0 Å². The van der Waals surface area contributed by atoms with E-state index in [0.717, 1.165) is 48.4 Å². The average molecular weight is 299 g/mol. The first kappa shape index (κ1) is 13.7. The zero-order valence-electron chi connectivity index (χ0n) is 10.8. The minimum Gasteiger partial charge on any atom is -0.391 e. The topological polar surface area (TPSA) is 26.7 Å². The third kappa shape index (κ3) is 3.26. The summed E-state index contributed by atoms with van der Waals surface area (Å²) < 4.78 is 0. The van der Waals surface area contributed by atoms with E-state index in [2.05, 4.69) is 9.80 Å². The monoisotopic (exact) mass is 298 g/mol. The maximum absolute atomic E-state index is 10.4. The predicted molar refractivity (Wildman–Crippen MR) is 80.0 cm³/mol. The Morgan fingerprint density at radius 3 is 2.74 bits per heavy atom. The number of benzene rings is 1. The number of nitrogens with zero attached hydrogens (tertiary/aromatic N) is 2. The third-order valence-electron chi connectivity index (χ3n) is 3.98. The molecule has 3 heterocycles. The highest BCUT2D eigenvalue weighted by molar-refractivity contribution is 7.99. The molecule has 3 nitrogen and oxygen atoms in total. The van der Waals surface area contributed by atoms with Crippen LogP contribution >= 0.6 is 23.4 Å². The summed E-state index contributed by atoms with van der Waals surface area (Å²) in [6.07, 6.45) is -0.271. The Bertz CT molecular complexity index is 437. The molecule has 4 rings (SSSR count). The summed E-state index contributed by atoms with van der Waals surface area (Å²) in [6.45, 7) is 5.53. The van der Waals surface area contributed by atoms with Gasteiger partial charge in [-0.15, -0.1) is 11.8 Å². The van der Waals surface area contributed by atoms with E-state index in [1.165, 1.54) is 0 Å². The molecule has 0 saturated carbocycles. The summed E-state index contributed by atoms with van der Waals surface area (Å²) in [6, 6.07) is 8.13. The number of fused-ring (bicyclic) bond motifs is 3. The van der Waals surface area contributed by atoms with Crippen LogP contribution in [0.2, 0.25) is 5.02 Å². The lowest BCUT2D eigenvalue weighted by molar-refractivity contribution is -0.0382. The Hall–Kier alpha value is -0.260. The van der Waals surface area contributed by atoms with Gasteiger partial charge in [-0.3, -0.25) is 9.80 Å². The van der Waals surface area contributed by atoms with Crippen LogP contribution in [-0.2, 0) is 0 Å². The number of rotatable bonds is 4. The van der Waals surface area contributed by atoms with Crippen LogP contribution in [0.1, 0.15) is 0 Å². The Morgan fingerprint density at radius 1 is 1.32 bits per heavy atom. The molecule has 0 spiro atoms. The molecule has 0 aliphatic carbocycles. The lowest BCUT2D eigenvalue weighted by Gasteiger charge is -2.49. The smallest absolute Gasteiger partial charge is 0.0801 e. The Balaban J connectivity index is 1.55. The second-order valence-corrected chi connectivity index (χ2v) is 6.77. The van der Waals surface area contributed by atoms with Gasteiger partial charge >= 0.3 is 0 Å². The Morgan fingerprint density at radius 2 is 2.11 bits per heavy atom. The number of halogens is 1. The largest absolute Gasteiger partial charge is 0.391 e. The number of aliphatic hydroxyl groups is 1. The minimum atomic E-state index is -0.271. The Kier molecular flexibility index (Phi) is 4.34. The molecule has 19 heavy (non-hydrogen) atoms. The molecule has 2 unspecified atom stereocenters. The highest BCUT2D eigenvalue weighted by atomic mass is 35.5. The molecular weight excluding hydrogens is 280 g/mol. The first-order chi connectivity index (χ1) is 9.22. The summed E-state index contributed by atoms with van der Waals surface area (Å²) in [5, 5.41) is 11.2. The van der Waals surface area contributed by atoms with Gasteiger partial charge in [-0.1, -0.05) is 17.7 Å². The van der Waals surface area contributed by atoms with Gasteiger partial charge in [0.05, 0.1) is 6.10 Å². The molecule has 1 aromatic carbocycles. The van der Waals surface area contributed by atoms with Gasteiger partial charge in [-0.05, 0) is 18.2 Å². The summed E-state index contributed by atoms with van der Waals surface area (Å²) in [7, 11) is 0. The highest BCUT2D eigenvalue weighted by Gasteiger charge is 2.35. The number of hydrogen-bond acceptors (Lipinski definition) is 4. The Labute approximate surface area is 123 Å². The van der Waals surface area contributed by atoms with E-state index < -0.39 is 0 Å². The van der Waals surface area contributed by atoms with Crippen molar-refractivity contribution in [1.29, 1.82) is 0 Å². The summed E-state index contributed by atoms with van der Waals surface area (Å²) >= 11 is 7.65. The number of hydrogen-bond donors (Lipinski definition) is 1. The van der Waals surface area contributed by atoms with Gasteiger partial charge in [0.25, 0.3) is 0 Å². The fourth-order valence-electron chi connectivity index (χ4n) is 2.87.